The monoisotopic (exact) mass is 444 g/mol. The fourth-order valence-corrected chi connectivity index (χ4v) is 3.72. The molecule has 1 aromatic carbocycles. The molecule has 0 aliphatic heterocycles. The molecule has 0 saturated heterocycles. The van der Waals surface area contributed by atoms with Crippen molar-refractivity contribution in [3.05, 3.63) is 56.5 Å². The van der Waals surface area contributed by atoms with Gasteiger partial charge in [-0.2, -0.15) is 0 Å². The molecule has 3 aromatic rings. The van der Waals surface area contributed by atoms with E-state index in [2.05, 4.69) is 11.9 Å². The number of rotatable bonds is 11. The average Bonchev–Trinajstić information content (AvgIpc) is 3.12. The molecule has 9 nitrogen and oxygen atoms in total. The number of methoxy groups -OCH3 is 1. The molecule has 1 N–H and O–H groups in total. The van der Waals surface area contributed by atoms with Crippen molar-refractivity contribution < 1.29 is 14.6 Å². The lowest BCUT2D eigenvalue weighted by molar-refractivity contribution is 0.0901. The predicted molar refractivity (Wildman–Crippen MR) is 122 cm³/mol. The number of ether oxygens (including phenoxy) is 2. The summed E-state index contributed by atoms with van der Waals surface area (Å²) in [4.78, 5) is 30.9. The Bertz CT molecular complexity index is 1160. The van der Waals surface area contributed by atoms with Gasteiger partial charge in [0, 0.05) is 20.2 Å². The van der Waals surface area contributed by atoms with E-state index in [1.54, 1.807) is 18.6 Å². The van der Waals surface area contributed by atoms with E-state index in [0.717, 1.165) is 11.0 Å². The maximum absolute atomic E-state index is 13.3. The normalized spacial score (nSPS) is 12.4. The highest BCUT2D eigenvalue weighted by atomic mass is 16.5. The molecule has 2 aromatic heterocycles. The lowest BCUT2D eigenvalue weighted by Gasteiger charge is -2.16. The van der Waals surface area contributed by atoms with Gasteiger partial charge in [0.2, 0.25) is 0 Å². The Labute approximate surface area is 186 Å². The van der Waals surface area contributed by atoms with Crippen molar-refractivity contribution in [3.8, 4) is 5.75 Å². The molecule has 174 valence electrons. The zero-order valence-electron chi connectivity index (χ0n) is 19.2. The minimum absolute atomic E-state index is 0.0366. The fourth-order valence-electron chi connectivity index (χ4n) is 3.72. The molecule has 0 aliphatic carbocycles. The van der Waals surface area contributed by atoms with Crippen LogP contribution < -0.4 is 16.0 Å². The molecule has 2 heterocycles. The third-order valence-electron chi connectivity index (χ3n) is 5.44. The standard InChI is InChI=1S/C23H32N4O5/c1-5-11-26-21-20(25(12-13-31-4)16(3)24-21)22(29)27(23(26)30)14-18(28)15-32-19-9-7-17(6-2)8-10-19/h7-10,18,28H,5-6,11-15H2,1-4H3. The maximum atomic E-state index is 13.3. The summed E-state index contributed by atoms with van der Waals surface area (Å²) in [6.07, 6.45) is 0.602. The second kappa shape index (κ2) is 10.6. The van der Waals surface area contributed by atoms with Gasteiger partial charge < -0.3 is 19.1 Å². The Hall–Kier alpha value is -2.91. The minimum Gasteiger partial charge on any atom is -0.491 e. The van der Waals surface area contributed by atoms with Crippen LogP contribution in [0.2, 0.25) is 0 Å². The van der Waals surface area contributed by atoms with E-state index in [0.29, 0.717) is 48.9 Å². The molecule has 0 saturated carbocycles. The third-order valence-corrected chi connectivity index (χ3v) is 5.44. The van der Waals surface area contributed by atoms with Gasteiger partial charge in [-0.1, -0.05) is 26.0 Å². The second-order valence-corrected chi connectivity index (χ2v) is 7.79. The van der Waals surface area contributed by atoms with E-state index in [9.17, 15) is 14.7 Å². The van der Waals surface area contributed by atoms with Gasteiger partial charge in [0.1, 0.15) is 24.3 Å². The van der Waals surface area contributed by atoms with E-state index in [1.807, 2.05) is 31.2 Å². The van der Waals surface area contributed by atoms with Crippen molar-refractivity contribution in [3.63, 3.8) is 0 Å². The number of imidazole rings is 1. The molecular weight excluding hydrogens is 412 g/mol. The molecule has 0 radical (unpaired) electrons. The van der Waals surface area contributed by atoms with Crippen LogP contribution in [0.4, 0.5) is 0 Å². The molecule has 0 bridgehead atoms. The van der Waals surface area contributed by atoms with Gasteiger partial charge in [-0.05, 0) is 37.5 Å². The first kappa shape index (κ1) is 23.7. The molecule has 1 atom stereocenters. The molecule has 0 amide bonds. The molecule has 9 heteroatoms. The van der Waals surface area contributed by atoms with Gasteiger partial charge in [0.05, 0.1) is 13.2 Å². The number of benzene rings is 1. The summed E-state index contributed by atoms with van der Waals surface area (Å²) in [7, 11) is 1.59. The number of aliphatic hydroxyl groups is 1. The highest BCUT2D eigenvalue weighted by molar-refractivity contribution is 5.71. The molecule has 0 aliphatic rings. The number of hydrogen-bond donors (Lipinski definition) is 1. The van der Waals surface area contributed by atoms with E-state index in [1.165, 1.54) is 10.1 Å². The quantitative estimate of drug-likeness (QED) is 0.483. The van der Waals surface area contributed by atoms with Gasteiger partial charge in [-0.25, -0.2) is 9.78 Å². The Balaban J connectivity index is 1.92. The minimum atomic E-state index is -1.03. The Morgan fingerprint density at radius 2 is 1.78 bits per heavy atom. The number of nitrogens with zero attached hydrogens (tertiary/aromatic N) is 4. The van der Waals surface area contributed by atoms with Crippen LogP contribution >= 0.6 is 0 Å². The highest BCUT2D eigenvalue weighted by Gasteiger charge is 2.21. The van der Waals surface area contributed by atoms with Crippen molar-refractivity contribution >= 4 is 11.2 Å². The van der Waals surface area contributed by atoms with Gasteiger partial charge in [0.15, 0.2) is 11.2 Å². The van der Waals surface area contributed by atoms with Crippen LogP contribution in [0.1, 0.15) is 31.7 Å². The number of hydrogen-bond acceptors (Lipinski definition) is 6. The lowest BCUT2D eigenvalue weighted by Crippen LogP contribution is -2.44. The first-order valence-electron chi connectivity index (χ1n) is 11.0. The van der Waals surface area contributed by atoms with Crippen molar-refractivity contribution in [1.29, 1.82) is 0 Å². The molecule has 3 rings (SSSR count). The zero-order valence-corrected chi connectivity index (χ0v) is 19.2. The van der Waals surface area contributed by atoms with Crippen LogP contribution in [-0.2, 0) is 30.8 Å². The average molecular weight is 445 g/mol. The van der Waals surface area contributed by atoms with Gasteiger partial charge in [0.25, 0.3) is 5.56 Å². The SMILES string of the molecule is CCCn1c(=O)n(CC(O)COc2ccc(CC)cc2)c(=O)c2c1nc(C)n2CCOC. The topological polar surface area (TPSA) is 101 Å². The summed E-state index contributed by atoms with van der Waals surface area (Å²) in [6.45, 7) is 6.89. The summed E-state index contributed by atoms with van der Waals surface area (Å²) < 4.78 is 15.2. The highest BCUT2D eigenvalue weighted by Crippen LogP contribution is 2.14. The van der Waals surface area contributed by atoms with Gasteiger partial charge in [-0.3, -0.25) is 13.9 Å². The smallest absolute Gasteiger partial charge is 0.332 e. The lowest BCUT2D eigenvalue weighted by atomic mass is 10.2. The van der Waals surface area contributed by atoms with Crippen molar-refractivity contribution in [2.75, 3.05) is 20.3 Å². The fraction of sp³-hybridized carbons (Fsp3) is 0.522. The Kier molecular flexibility index (Phi) is 7.87. The summed E-state index contributed by atoms with van der Waals surface area (Å²) in [5.74, 6) is 1.26. The number of aryl methyl sites for hydroxylation is 3. The van der Waals surface area contributed by atoms with Gasteiger partial charge >= 0.3 is 5.69 Å². The van der Waals surface area contributed by atoms with E-state index >= 15 is 0 Å². The summed E-state index contributed by atoms with van der Waals surface area (Å²) in [5, 5.41) is 10.5. The Morgan fingerprint density at radius 3 is 2.41 bits per heavy atom. The van der Waals surface area contributed by atoms with E-state index < -0.39 is 17.4 Å². The van der Waals surface area contributed by atoms with Crippen LogP contribution in [-0.4, -0.2) is 50.2 Å². The van der Waals surface area contributed by atoms with E-state index in [4.69, 9.17) is 9.47 Å². The largest absolute Gasteiger partial charge is 0.491 e. The van der Waals surface area contributed by atoms with Crippen LogP contribution in [0.25, 0.3) is 11.2 Å². The first-order valence-corrected chi connectivity index (χ1v) is 11.0. The molecule has 0 fully saturated rings. The van der Waals surface area contributed by atoms with Crippen LogP contribution in [0.15, 0.2) is 33.9 Å². The Morgan fingerprint density at radius 1 is 1.06 bits per heavy atom. The second-order valence-electron chi connectivity index (χ2n) is 7.79. The summed E-state index contributed by atoms with van der Waals surface area (Å²) in [5.41, 5.74) is 0.950. The summed E-state index contributed by atoms with van der Waals surface area (Å²) in [6, 6.07) is 7.62. The van der Waals surface area contributed by atoms with E-state index in [-0.39, 0.29) is 13.2 Å². The number of aliphatic hydroxyl groups excluding tert-OH is 1. The van der Waals surface area contributed by atoms with Crippen molar-refractivity contribution in [2.45, 2.75) is 59.4 Å². The van der Waals surface area contributed by atoms with Crippen LogP contribution in [0.3, 0.4) is 0 Å². The number of fused-ring (bicyclic) bond motifs is 1. The van der Waals surface area contributed by atoms with Crippen molar-refractivity contribution in [1.82, 2.24) is 18.7 Å². The molecule has 1 unspecified atom stereocenters. The number of aromatic nitrogens is 4. The van der Waals surface area contributed by atoms with Crippen LogP contribution in [0, 0.1) is 6.92 Å². The molecular formula is C23H32N4O5. The molecule has 32 heavy (non-hydrogen) atoms. The zero-order chi connectivity index (χ0) is 23.3. The van der Waals surface area contributed by atoms with Gasteiger partial charge in [-0.15, -0.1) is 0 Å². The van der Waals surface area contributed by atoms with Crippen molar-refractivity contribution in [2.24, 2.45) is 0 Å². The predicted octanol–water partition coefficient (Wildman–Crippen LogP) is 1.73. The maximum Gasteiger partial charge on any atom is 0.332 e. The third kappa shape index (κ3) is 4.94. The molecule has 0 spiro atoms. The summed E-state index contributed by atoms with van der Waals surface area (Å²) >= 11 is 0. The first-order chi connectivity index (χ1) is 15.4. The van der Waals surface area contributed by atoms with Crippen LogP contribution in [0.5, 0.6) is 5.75 Å².